The van der Waals surface area contributed by atoms with Crippen molar-refractivity contribution >= 4 is 21.4 Å². The zero-order valence-corrected chi connectivity index (χ0v) is 11.2. The number of hydrogen-bond donors (Lipinski definition) is 2. The molecule has 2 aromatic rings. The van der Waals surface area contributed by atoms with Crippen LogP contribution in [0.3, 0.4) is 0 Å². The Balaban J connectivity index is 2.13. The molecule has 1 aliphatic rings. The number of aromatic nitrogens is 1. The van der Waals surface area contributed by atoms with E-state index < -0.39 is 10.0 Å². The maximum absolute atomic E-state index is 12.6. The third-order valence-corrected chi connectivity index (χ3v) is 5.21. The summed E-state index contributed by atoms with van der Waals surface area (Å²) in [5.74, 6) is 0. The number of sulfonamides is 1. The average Bonchev–Trinajstić information content (AvgIpc) is 2.93. The second-order valence-corrected chi connectivity index (χ2v) is 6.43. The van der Waals surface area contributed by atoms with E-state index in [1.165, 1.54) is 10.5 Å². The summed E-state index contributed by atoms with van der Waals surface area (Å²) in [6, 6.07) is 6.98. The topological polar surface area (TPSA) is 79.2 Å². The van der Waals surface area contributed by atoms with Gasteiger partial charge in [0.2, 0.25) is 0 Å². The van der Waals surface area contributed by atoms with Crippen LogP contribution in [0.4, 0.5) is 11.4 Å². The summed E-state index contributed by atoms with van der Waals surface area (Å²) in [6.07, 6.45) is 4.71. The Morgan fingerprint density at radius 1 is 1.26 bits per heavy atom. The van der Waals surface area contributed by atoms with Crippen LogP contribution < -0.4 is 10.0 Å². The highest BCUT2D eigenvalue weighted by molar-refractivity contribution is 7.92. The lowest BCUT2D eigenvalue weighted by Crippen LogP contribution is -2.35. The fourth-order valence-corrected chi connectivity index (χ4v) is 3.97. The van der Waals surface area contributed by atoms with Crippen molar-refractivity contribution in [1.29, 1.82) is 0 Å². The van der Waals surface area contributed by atoms with Gasteiger partial charge in [-0.1, -0.05) is 6.07 Å². The summed E-state index contributed by atoms with van der Waals surface area (Å²) in [4.78, 5) is 3.06. The summed E-state index contributed by atoms with van der Waals surface area (Å²) >= 11 is 0. The Morgan fingerprint density at radius 2 is 2.11 bits per heavy atom. The van der Waals surface area contributed by atoms with Gasteiger partial charge >= 0.3 is 0 Å². The van der Waals surface area contributed by atoms with Crippen LogP contribution in [0.15, 0.2) is 41.6 Å². The molecule has 1 aromatic heterocycles. The molecule has 3 rings (SSSR count). The van der Waals surface area contributed by atoms with Crippen LogP contribution in [0.2, 0.25) is 0 Å². The number of fused-ring (bicyclic) bond motifs is 1. The van der Waals surface area contributed by atoms with Crippen molar-refractivity contribution in [2.75, 3.05) is 16.6 Å². The Morgan fingerprint density at radius 3 is 2.84 bits per heavy atom. The molecule has 0 amide bonds. The van der Waals surface area contributed by atoms with Gasteiger partial charge in [0.1, 0.15) is 4.90 Å². The summed E-state index contributed by atoms with van der Waals surface area (Å²) in [5, 5.41) is 0. The lowest BCUT2D eigenvalue weighted by Gasteiger charge is -2.30. The van der Waals surface area contributed by atoms with Gasteiger partial charge in [-0.15, -0.1) is 0 Å². The predicted molar refractivity (Wildman–Crippen MR) is 74.5 cm³/mol. The molecule has 0 bridgehead atoms. The van der Waals surface area contributed by atoms with E-state index >= 15 is 0 Å². The van der Waals surface area contributed by atoms with E-state index in [-0.39, 0.29) is 4.90 Å². The van der Waals surface area contributed by atoms with Crippen LogP contribution in [0, 0.1) is 0 Å². The van der Waals surface area contributed by atoms with Gasteiger partial charge < -0.3 is 10.7 Å². The summed E-state index contributed by atoms with van der Waals surface area (Å²) in [7, 11) is -3.50. The molecule has 0 fully saturated rings. The quantitative estimate of drug-likeness (QED) is 0.821. The van der Waals surface area contributed by atoms with Crippen LogP contribution in [0.1, 0.15) is 12.0 Å². The number of nitrogens with zero attached hydrogens (tertiary/aromatic N) is 1. The maximum Gasteiger partial charge on any atom is 0.265 e. The lowest BCUT2D eigenvalue weighted by atomic mass is 10.0. The SMILES string of the molecule is Nc1cccc2c1CCCN2S(=O)(=O)c1cc[nH]c1. The van der Waals surface area contributed by atoms with Crippen LogP contribution in [0.5, 0.6) is 0 Å². The molecule has 0 saturated heterocycles. The van der Waals surface area contributed by atoms with Crippen LogP contribution in [-0.4, -0.2) is 19.9 Å². The third kappa shape index (κ3) is 1.88. The van der Waals surface area contributed by atoms with Crippen molar-refractivity contribution in [3.8, 4) is 0 Å². The summed E-state index contributed by atoms with van der Waals surface area (Å²) in [6.45, 7) is 0.490. The molecule has 1 aliphatic heterocycles. The lowest BCUT2D eigenvalue weighted by molar-refractivity contribution is 0.587. The number of rotatable bonds is 2. The number of nitrogens with one attached hydrogen (secondary N) is 1. The standard InChI is InChI=1S/C13H15N3O2S/c14-12-4-1-5-13-11(12)3-2-8-16(13)19(17,18)10-6-7-15-9-10/h1,4-7,9,15H,2-3,8,14H2. The molecule has 0 aliphatic carbocycles. The Kier molecular flexibility index (Phi) is 2.74. The molecule has 6 heteroatoms. The van der Waals surface area contributed by atoms with E-state index in [0.717, 1.165) is 18.4 Å². The van der Waals surface area contributed by atoms with Crippen molar-refractivity contribution in [1.82, 2.24) is 4.98 Å². The normalized spacial score (nSPS) is 15.3. The minimum absolute atomic E-state index is 0.280. The molecule has 19 heavy (non-hydrogen) atoms. The summed E-state index contributed by atoms with van der Waals surface area (Å²) < 4.78 is 26.6. The van der Waals surface area contributed by atoms with Gasteiger partial charge in [-0.3, -0.25) is 4.31 Å². The van der Waals surface area contributed by atoms with Crippen molar-refractivity contribution in [2.24, 2.45) is 0 Å². The number of nitrogen functional groups attached to an aromatic ring is 1. The average molecular weight is 277 g/mol. The van der Waals surface area contributed by atoms with E-state index in [1.807, 2.05) is 12.1 Å². The van der Waals surface area contributed by atoms with Gasteiger partial charge in [-0.2, -0.15) is 0 Å². The van der Waals surface area contributed by atoms with E-state index in [9.17, 15) is 8.42 Å². The second kappa shape index (κ2) is 4.31. The first kappa shape index (κ1) is 12.1. The minimum Gasteiger partial charge on any atom is -0.398 e. The Bertz CT molecular complexity index is 693. The fraction of sp³-hybridized carbons (Fsp3) is 0.231. The third-order valence-electron chi connectivity index (χ3n) is 3.40. The molecule has 2 heterocycles. The van der Waals surface area contributed by atoms with Gasteiger partial charge in [0, 0.05) is 24.6 Å². The molecule has 1 aromatic carbocycles. The molecule has 0 unspecified atom stereocenters. The number of nitrogens with two attached hydrogens (primary N) is 1. The van der Waals surface area contributed by atoms with Gasteiger partial charge in [-0.05, 0) is 36.6 Å². The molecule has 0 spiro atoms. The second-order valence-electron chi connectivity index (χ2n) is 4.57. The highest BCUT2D eigenvalue weighted by Gasteiger charge is 2.29. The van der Waals surface area contributed by atoms with Gasteiger partial charge in [-0.25, -0.2) is 8.42 Å². The zero-order valence-electron chi connectivity index (χ0n) is 10.3. The molecule has 3 N–H and O–H groups in total. The van der Waals surface area contributed by atoms with Crippen LogP contribution >= 0.6 is 0 Å². The smallest absolute Gasteiger partial charge is 0.265 e. The van der Waals surface area contributed by atoms with Crippen molar-refractivity contribution in [3.63, 3.8) is 0 Å². The molecule has 0 atom stereocenters. The van der Waals surface area contributed by atoms with Crippen molar-refractivity contribution in [3.05, 3.63) is 42.2 Å². The molecule has 100 valence electrons. The van der Waals surface area contributed by atoms with Crippen LogP contribution in [0.25, 0.3) is 0 Å². The van der Waals surface area contributed by atoms with Crippen molar-refractivity contribution in [2.45, 2.75) is 17.7 Å². The predicted octanol–water partition coefficient (Wildman–Crippen LogP) is 1.74. The van der Waals surface area contributed by atoms with E-state index in [4.69, 9.17) is 5.73 Å². The zero-order chi connectivity index (χ0) is 13.5. The molecular formula is C13H15N3O2S. The fourth-order valence-electron chi connectivity index (χ4n) is 2.46. The number of hydrogen-bond acceptors (Lipinski definition) is 3. The number of H-pyrrole nitrogens is 1. The van der Waals surface area contributed by atoms with Crippen LogP contribution in [-0.2, 0) is 16.4 Å². The molecule has 0 saturated carbocycles. The molecule has 0 radical (unpaired) electrons. The first-order chi connectivity index (χ1) is 9.10. The highest BCUT2D eigenvalue weighted by atomic mass is 32.2. The first-order valence-corrected chi connectivity index (χ1v) is 7.57. The number of aromatic amines is 1. The first-order valence-electron chi connectivity index (χ1n) is 6.13. The van der Waals surface area contributed by atoms with Gasteiger partial charge in [0.25, 0.3) is 10.0 Å². The number of benzene rings is 1. The van der Waals surface area contributed by atoms with Gasteiger partial charge in [0.15, 0.2) is 0 Å². The maximum atomic E-state index is 12.6. The summed E-state index contributed by atoms with van der Waals surface area (Å²) in [5.41, 5.74) is 8.22. The Hall–Kier alpha value is -1.95. The highest BCUT2D eigenvalue weighted by Crippen LogP contribution is 2.34. The Labute approximate surface area is 112 Å². The monoisotopic (exact) mass is 277 g/mol. The van der Waals surface area contributed by atoms with Gasteiger partial charge in [0.05, 0.1) is 5.69 Å². The molecular weight excluding hydrogens is 262 g/mol. The van der Waals surface area contributed by atoms with E-state index in [2.05, 4.69) is 4.98 Å². The van der Waals surface area contributed by atoms with E-state index in [1.54, 1.807) is 18.3 Å². The van der Waals surface area contributed by atoms with Crippen molar-refractivity contribution < 1.29 is 8.42 Å². The largest absolute Gasteiger partial charge is 0.398 e. The van der Waals surface area contributed by atoms with E-state index in [0.29, 0.717) is 17.9 Å². The number of anilines is 2. The molecule has 5 nitrogen and oxygen atoms in total. The minimum atomic E-state index is -3.50.